The van der Waals surface area contributed by atoms with E-state index in [4.69, 9.17) is 0 Å². The second-order valence-corrected chi connectivity index (χ2v) is 4.66. The van der Waals surface area contributed by atoms with Gasteiger partial charge in [-0.25, -0.2) is 0 Å². The number of likely N-dealkylation sites (tertiary alicyclic amines) is 1. The van der Waals surface area contributed by atoms with Crippen molar-refractivity contribution in [1.82, 2.24) is 10.2 Å². The van der Waals surface area contributed by atoms with Crippen LogP contribution in [-0.4, -0.2) is 30.6 Å². The molecular weight excluding hydrogens is 267 g/mol. The average Bonchev–Trinajstić information content (AvgIpc) is 2.75. The van der Waals surface area contributed by atoms with Crippen molar-refractivity contribution in [1.29, 1.82) is 0 Å². The third kappa shape index (κ3) is 5.57. The Bertz CT molecular complexity index is 306. The predicted molar refractivity (Wildman–Crippen MR) is 82.9 cm³/mol. The van der Waals surface area contributed by atoms with E-state index in [1.165, 1.54) is 31.5 Å². The summed E-state index contributed by atoms with van der Waals surface area (Å²) >= 11 is 0. The van der Waals surface area contributed by atoms with Gasteiger partial charge in [-0.2, -0.15) is 0 Å². The molecule has 1 aromatic carbocycles. The van der Waals surface area contributed by atoms with Gasteiger partial charge in [0.1, 0.15) is 0 Å². The Morgan fingerprint density at radius 3 is 2.61 bits per heavy atom. The zero-order valence-electron chi connectivity index (χ0n) is 11.0. The SMILES string of the molecule is CCCN[C@H]1CCN(Cc2ccccc2)C1.Cl.Cl. The molecule has 1 atom stereocenters. The number of nitrogens with one attached hydrogen (secondary N) is 1. The molecule has 1 aromatic rings. The smallest absolute Gasteiger partial charge is 0.0234 e. The highest BCUT2D eigenvalue weighted by Crippen LogP contribution is 2.13. The molecule has 2 rings (SSSR count). The van der Waals surface area contributed by atoms with E-state index in [1.54, 1.807) is 0 Å². The van der Waals surface area contributed by atoms with Gasteiger partial charge in [-0.1, -0.05) is 37.3 Å². The van der Waals surface area contributed by atoms with Crippen molar-refractivity contribution >= 4 is 24.8 Å². The minimum absolute atomic E-state index is 0. The highest BCUT2D eigenvalue weighted by atomic mass is 35.5. The first-order chi connectivity index (χ1) is 7.88. The van der Waals surface area contributed by atoms with Crippen LogP contribution in [0.1, 0.15) is 25.3 Å². The van der Waals surface area contributed by atoms with Crippen LogP contribution in [0.4, 0.5) is 0 Å². The van der Waals surface area contributed by atoms with E-state index < -0.39 is 0 Å². The molecule has 104 valence electrons. The first-order valence-electron chi connectivity index (χ1n) is 6.38. The van der Waals surface area contributed by atoms with Gasteiger partial charge in [-0.3, -0.25) is 4.90 Å². The molecule has 0 spiro atoms. The fraction of sp³-hybridized carbons (Fsp3) is 0.571. The molecule has 2 nitrogen and oxygen atoms in total. The number of hydrogen-bond donors (Lipinski definition) is 1. The van der Waals surface area contributed by atoms with E-state index in [1.807, 2.05) is 0 Å². The van der Waals surface area contributed by atoms with Gasteiger partial charge in [0.05, 0.1) is 0 Å². The summed E-state index contributed by atoms with van der Waals surface area (Å²) in [5, 5.41) is 3.61. The standard InChI is InChI=1S/C14H22N2.2ClH/c1-2-9-15-14-8-10-16(12-14)11-13-6-4-3-5-7-13;;/h3-7,14-15H,2,8-12H2,1H3;2*1H/t14-;;/m0../s1. The molecule has 1 saturated heterocycles. The fourth-order valence-electron chi connectivity index (χ4n) is 2.33. The topological polar surface area (TPSA) is 15.3 Å². The maximum absolute atomic E-state index is 3.61. The van der Waals surface area contributed by atoms with Crippen LogP contribution in [-0.2, 0) is 6.54 Å². The van der Waals surface area contributed by atoms with Gasteiger partial charge in [0.15, 0.2) is 0 Å². The summed E-state index contributed by atoms with van der Waals surface area (Å²) in [6.07, 6.45) is 2.53. The predicted octanol–water partition coefficient (Wildman–Crippen LogP) is 3.10. The molecule has 1 fully saturated rings. The Kier molecular flexibility index (Phi) is 9.47. The van der Waals surface area contributed by atoms with Crippen LogP contribution < -0.4 is 5.32 Å². The second kappa shape index (κ2) is 9.62. The Hall–Kier alpha value is -0.280. The van der Waals surface area contributed by atoms with E-state index in [-0.39, 0.29) is 24.8 Å². The minimum atomic E-state index is 0. The van der Waals surface area contributed by atoms with Gasteiger partial charge in [0.25, 0.3) is 0 Å². The third-order valence-electron chi connectivity index (χ3n) is 3.20. The molecule has 0 radical (unpaired) electrons. The van der Waals surface area contributed by atoms with Crippen LogP contribution in [0.25, 0.3) is 0 Å². The zero-order chi connectivity index (χ0) is 11.2. The Morgan fingerprint density at radius 2 is 1.94 bits per heavy atom. The van der Waals surface area contributed by atoms with Gasteiger partial charge in [0.2, 0.25) is 0 Å². The van der Waals surface area contributed by atoms with Crippen LogP contribution in [0, 0.1) is 0 Å². The molecule has 0 aliphatic carbocycles. The molecular formula is C14H24Cl2N2. The summed E-state index contributed by atoms with van der Waals surface area (Å²) in [5.41, 5.74) is 1.43. The minimum Gasteiger partial charge on any atom is -0.313 e. The van der Waals surface area contributed by atoms with Crippen molar-refractivity contribution < 1.29 is 0 Å². The summed E-state index contributed by atoms with van der Waals surface area (Å²) in [5.74, 6) is 0. The van der Waals surface area contributed by atoms with Gasteiger partial charge < -0.3 is 5.32 Å². The summed E-state index contributed by atoms with van der Waals surface area (Å²) in [4.78, 5) is 2.54. The lowest BCUT2D eigenvalue weighted by Crippen LogP contribution is -2.32. The van der Waals surface area contributed by atoms with Gasteiger partial charge in [-0.05, 0) is 24.9 Å². The lowest BCUT2D eigenvalue weighted by molar-refractivity contribution is 0.320. The summed E-state index contributed by atoms with van der Waals surface area (Å²) in [6, 6.07) is 11.5. The van der Waals surface area contributed by atoms with Crippen LogP contribution in [0.15, 0.2) is 30.3 Å². The lowest BCUT2D eigenvalue weighted by atomic mass is 10.2. The number of halogens is 2. The van der Waals surface area contributed by atoms with Gasteiger partial charge in [-0.15, -0.1) is 24.8 Å². The maximum Gasteiger partial charge on any atom is 0.0234 e. The molecule has 0 saturated carbocycles. The molecule has 1 aliphatic rings. The van der Waals surface area contributed by atoms with Gasteiger partial charge >= 0.3 is 0 Å². The molecule has 0 bridgehead atoms. The average molecular weight is 291 g/mol. The van der Waals surface area contributed by atoms with Crippen LogP contribution >= 0.6 is 24.8 Å². The Morgan fingerprint density at radius 1 is 1.22 bits per heavy atom. The van der Waals surface area contributed by atoms with E-state index in [0.29, 0.717) is 6.04 Å². The normalized spacial score (nSPS) is 19.1. The van der Waals surface area contributed by atoms with E-state index in [2.05, 4.69) is 47.5 Å². The largest absolute Gasteiger partial charge is 0.313 e. The first-order valence-corrected chi connectivity index (χ1v) is 6.38. The number of nitrogens with zero attached hydrogens (tertiary/aromatic N) is 1. The van der Waals surface area contributed by atoms with Crippen molar-refractivity contribution in [3.05, 3.63) is 35.9 Å². The summed E-state index contributed by atoms with van der Waals surface area (Å²) < 4.78 is 0. The molecule has 0 amide bonds. The summed E-state index contributed by atoms with van der Waals surface area (Å²) in [7, 11) is 0. The molecule has 1 N–H and O–H groups in total. The van der Waals surface area contributed by atoms with E-state index >= 15 is 0 Å². The van der Waals surface area contributed by atoms with Crippen LogP contribution in [0.5, 0.6) is 0 Å². The van der Waals surface area contributed by atoms with Crippen LogP contribution in [0.2, 0.25) is 0 Å². The van der Waals surface area contributed by atoms with Crippen LogP contribution in [0.3, 0.4) is 0 Å². The lowest BCUT2D eigenvalue weighted by Gasteiger charge is -2.16. The van der Waals surface area contributed by atoms with Crippen molar-refractivity contribution in [2.24, 2.45) is 0 Å². The first kappa shape index (κ1) is 17.7. The Balaban J connectivity index is 0.00000144. The highest BCUT2D eigenvalue weighted by molar-refractivity contribution is 5.85. The molecule has 1 heterocycles. The fourth-order valence-corrected chi connectivity index (χ4v) is 2.33. The van der Waals surface area contributed by atoms with E-state index in [9.17, 15) is 0 Å². The second-order valence-electron chi connectivity index (χ2n) is 4.66. The Labute approximate surface area is 123 Å². The molecule has 4 heteroatoms. The number of hydrogen-bond acceptors (Lipinski definition) is 2. The molecule has 0 aromatic heterocycles. The monoisotopic (exact) mass is 290 g/mol. The number of rotatable bonds is 5. The van der Waals surface area contributed by atoms with E-state index in [0.717, 1.165) is 13.1 Å². The van der Waals surface area contributed by atoms with Crippen molar-refractivity contribution in [2.75, 3.05) is 19.6 Å². The zero-order valence-corrected chi connectivity index (χ0v) is 12.6. The molecule has 1 aliphatic heterocycles. The van der Waals surface area contributed by atoms with Crippen molar-refractivity contribution in [3.8, 4) is 0 Å². The molecule has 0 unspecified atom stereocenters. The third-order valence-corrected chi connectivity index (χ3v) is 3.20. The van der Waals surface area contributed by atoms with Crippen molar-refractivity contribution in [2.45, 2.75) is 32.4 Å². The van der Waals surface area contributed by atoms with Gasteiger partial charge in [0, 0.05) is 25.7 Å². The maximum atomic E-state index is 3.61. The molecule has 18 heavy (non-hydrogen) atoms. The number of benzene rings is 1. The quantitative estimate of drug-likeness (QED) is 0.896. The van der Waals surface area contributed by atoms with Crippen molar-refractivity contribution in [3.63, 3.8) is 0 Å². The summed E-state index contributed by atoms with van der Waals surface area (Å²) in [6.45, 7) is 6.92. The highest BCUT2D eigenvalue weighted by Gasteiger charge is 2.21.